The number of halogens is 1. The molecule has 8 nitrogen and oxygen atoms in total. The number of rotatable bonds is 7. The average molecular weight is 512 g/mol. The van der Waals surface area contributed by atoms with Crippen LogP contribution in [0, 0.1) is 0 Å². The topological polar surface area (TPSA) is 97.7 Å². The summed E-state index contributed by atoms with van der Waals surface area (Å²) in [6.45, 7) is 2.99. The highest BCUT2D eigenvalue weighted by Crippen LogP contribution is 2.34. The van der Waals surface area contributed by atoms with Crippen LogP contribution in [0.4, 0.5) is 10.5 Å². The molecule has 0 radical (unpaired) electrons. The molecule has 2 heterocycles. The fraction of sp³-hybridized carbons (Fsp3) is 0.200. The van der Waals surface area contributed by atoms with Gasteiger partial charge in [-0.15, -0.1) is 0 Å². The number of esters is 1. The SMILES string of the molecule is CC(C)OC(=O)CN1C(=O)S/C(=C/c2cn(CC(=O)Nc3ccc(Cl)cc3)c3ccccc23)C1=O. The second-order valence-electron chi connectivity index (χ2n) is 8.09. The summed E-state index contributed by atoms with van der Waals surface area (Å²) in [5.41, 5.74) is 2.10. The summed E-state index contributed by atoms with van der Waals surface area (Å²) >= 11 is 6.66. The van der Waals surface area contributed by atoms with Crippen LogP contribution in [0.15, 0.2) is 59.6 Å². The second kappa shape index (κ2) is 10.4. The first-order valence-electron chi connectivity index (χ1n) is 10.8. The summed E-state index contributed by atoms with van der Waals surface area (Å²) in [4.78, 5) is 50.9. The van der Waals surface area contributed by atoms with Gasteiger partial charge >= 0.3 is 5.97 Å². The molecule has 1 aliphatic rings. The van der Waals surface area contributed by atoms with Crippen LogP contribution in [0.1, 0.15) is 19.4 Å². The number of benzene rings is 2. The molecule has 4 rings (SSSR count). The number of fused-ring (bicyclic) bond motifs is 1. The third-order valence-corrected chi connectivity index (χ3v) is 6.24. The molecular formula is C25H22ClN3O5S. The van der Waals surface area contributed by atoms with Gasteiger partial charge in [0.2, 0.25) is 5.91 Å². The predicted molar refractivity (Wildman–Crippen MR) is 136 cm³/mol. The third kappa shape index (κ3) is 5.75. The molecule has 1 aliphatic heterocycles. The lowest BCUT2D eigenvalue weighted by Crippen LogP contribution is -2.35. The van der Waals surface area contributed by atoms with Crippen molar-refractivity contribution in [2.75, 3.05) is 11.9 Å². The maximum absolute atomic E-state index is 12.8. The Bertz CT molecular complexity index is 1350. The van der Waals surface area contributed by atoms with Crippen molar-refractivity contribution in [3.63, 3.8) is 0 Å². The number of hydrogen-bond acceptors (Lipinski definition) is 6. The minimum Gasteiger partial charge on any atom is -0.462 e. The van der Waals surface area contributed by atoms with Crippen LogP contribution in [0.3, 0.4) is 0 Å². The van der Waals surface area contributed by atoms with E-state index in [-0.39, 0.29) is 23.5 Å². The summed E-state index contributed by atoms with van der Waals surface area (Å²) < 4.78 is 6.82. The molecule has 0 aliphatic carbocycles. The van der Waals surface area contributed by atoms with Crippen molar-refractivity contribution < 1.29 is 23.9 Å². The molecule has 10 heteroatoms. The predicted octanol–water partition coefficient (Wildman–Crippen LogP) is 4.92. The monoisotopic (exact) mass is 511 g/mol. The van der Waals surface area contributed by atoms with Crippen molar-refractivity contribution >= 4 is 69.1 Å². The largest absolute Gasteiger partial charge is 0.462 e. The highest BCUT2D eigenvalue weighted by atomic mass is 35.5. The van der Waals surface area contributed by atoms with Gasteiger partial charge in [0.25, 0.3) is 11.1 Å². The zero-order chi connectivity index (χ0) is 25.1. The number of para-hydroxylation sites is 1. The quantitative estimate of drug-likeness (QED) is 0.357. The maximum Gasteiger partial charge on any atom is 0.326 e. The van der Waals surface area contributed by atoms with Crippen LogP contribution >= 0.6 is 23.4 Å². The van der Waals surface area contributed by atoms with Crippen LogP contribution < -0.4 is 5.32 Å². The maximum atomic E-state index is 12.8. The number of hydrogen-bond donors (Lipinski definition) is 1. The second-order valence-corrected chi connectivity index (χ2v) is 9.52. The van der Waals surface area contributed by atoms with Gasteiger partial charge in [-0.1, -0.05) is 29.8 Å². The number of nitrogens with zero attached hydrogens (tertiary/aromatic N) is 2. The zero-order valence-corrected chi connectivity index (χ0v) is 20.6. The molecule has 0 atom stereocenters. The number of nitrogens with one attached hydrogen (secondary N) is 1. The van der Waals surface area contributed by atoms with Gasteiger partial charge in [0.1, 0.15) is 13.1 Å². The minimum absolute atomic E-state index is 0.0412. The molecule has 0 bridgehead atoms. The number of carbonyl (C=O) groups is 4. The number of ether oxygens (including phenoxy) is 1. The highest BCUT2D eigenvalue weighted by molar-refractivity contribution is 8.18. The summed E-state index contributed by atoms with van der Waals surface area (Å²) in [5, 5.41) is 3.69. The van der Waals surface area contributed by atoms with Crippen molar-refractivity contribution in [2.24, 2.45) is 0 Å². The van der Waals surface area contributed by atoms with E-state index < -0.39 is 23.7 Å². The Hall–Kier alpha value is -3.56. The Balaban J connectivity index is 1.56. The molecule has 0 spiro atoms. The fourth-order valence-corrected chi connectivity index (χ4v) is 4.57. The van der Waals surface area contributed by atoms with Crippen molar-refractivity contribution in [1.82, 2.24) is 9.47 Å². The standard InChI is InChI=1S/C25H22ClN3O5S/c1-15(2)34-23(31)14-29-24(32)21(35-25(29)33)11-16-12-28(20-6-4-3-5-19(16)20)13-22(30)27-18-9-7-17(26)8-10-18/h3-12,15H,13-14H2,1-2H3,(H,27,30)/b21-11+. The lowest BCUT2D eigenvalue weighted by Gasteiger charge is -2.13. The summed E-state index contributed by atoms with van der Waals surface area (Å²) in [6, 6.07) is 14.3. The smallest absolute Gasteiger partial charge is 0.326 e. The van der Waals surface area contributed by atoms with E-state index in [2.05, 4.69) is 5.32 Å². The molecule has 0 unspecified atom stereocenters. The van der Waals surface area contributed by atoms with Gasteiger partial charge in [0, 0.05) is 33.4 Å². The molecule has 3 aromatic rings. The van der Waals surface area contributed by atoms with E-state index in [1.165, 1.54) is 0 Å². The fourth-order valence-electron chi connectivity index (χ4n) is 3.62. The minimum atomic E-state index is -0.646. The van der Waals surface area contributed by atoms with E-state index in [9.17, 15) is 19.2 Å². The van der Waals surface area contributed by atoms with E-state index in [0.29, 0.717) is 16.3 Å². The normalized spacial score (nSPS) is 14.9. The van der Waals surface area contributed by atoms with Crippen LogP contribution in [0.2, 0.25) is 5.02 Å². The van der Waals surface area contributed by atoms with E-state index >= 15 is 0 Å². The number of anilines is 1. The zero-order valence-electron chi connectivity index (χ0n) is 19.0. The summed E-state index contributed by atoms with van der Waals surface area (Å²) in [5.74, 6) is -1.44. The lowest BCUT2D eigenvalue weighted by molar-refractivity contribution is -0.149. The number of aromatic nitrogens is 1. The first-order chi connectivity index (χ1) is 16.7. The molecule has 35 heavy (non-hydrogen) atoms. The molecular weight excluding hydrogens is 490 g/mol. The van der Waals surface area contributed by atoms with Crippen molar-refractivity contribution in [2.45, 2.75) is 26.5 Å². The first-order valence-corrected chi connectivity index (χ1v) is 12.0. The molecule has 2 aromatic carbocycles. The molecule has 3 amide bonds. The lowest BCUT2D eigenvalue weighted by atomic mass is 10.1. The van der Waals surface area contributed by atoms with E-state index in [1.54, 1.807) is 55.0 Å². The molecule has 1 aromatic heterocycles. The Morgan fingerprint density at radius 3 is 2.51 bits per heavy atom. The van der Waals surface area contributed by atoms with Gasteiger partial charge in [-0.25, -0.2) is 0 Å². The number of carbonyl (C=O) groups excluding carboxylic acids is 4. The van der Waals surface area contributed by atoms with Crippen molar-refractivity contribution in [3.05, 3.63) is 70.2 Å². The molecule has 1 saturated heterocycles. The van der Waals surface area contributed by atoms with Crippen molar-refractivity contribution in [3.8, 4) is 0 Å². The Morgan fingerprint density at radius 1 is 1.09 bits per heavy atom. The molecule has 1 N–H and O–H groups in total. The van der Waals surface area contributed by atoms with Crippen LogP contribution in [-0.2, 0) is 25.7 Å². The molecule has 180 valence electrons. The van der Waals surface area contributed by atoms with Gasteiger partial charge in [0.15, 0.2) is 0 Å². The van der Waals surface area contributed by atoms with Crippen LogP contribution in [0.5, 0.6) is 0 Å². The van der Waals surface area contributed by atoms with Crippen LogP contribution in [0.25, 0.3) is 17.0 Å². The van der Waals surface area contributed by atoms with E-state index in [4.69, 9.17) is 16.3 Å². The van der Waals surface area contributed by atoms with Gasteiger partial charge in [-0.2, -0.15) is 0 Å². The summed E-state index contributed by atoms with van der Waals surface area (Å²) in [6.07, 6.45) is 3.02. The van der Waals surface area contributed by atoms with Gasteiger partial charge in [0.05, 0.1) is 11.0 Å². The van der Waals surface area contributed by atoms with Crippen LogP contribution in [-0.4, -0.2) is 45.1 Å². The number of imide groups is 1. The Labute approximate surface area is 210 Å². The molecule has 0 saturated carbocycles. The number of thioether (sulfide) groups is 1. The molecule has 1 fully saturated rings. The third-order valence-electron chi connectivity index (χ3n) is 5.08. The highest BCUT2D eigenvalue weighted by Gasteiger charge is 2.37. The Kier molecular flexibility index (Phi) is 7.28. The summed E-state index contributed by atoms with van der Waals surface area (Å²) in [7, 11) is 0. The number of amides is 3. The van der Waals surface area contributed by atoms with E-state index in [0.717, 1.165) is 27.6 Å². The van der Waals surface area contributed by atoms with Gasteiger partial charge in [-0.3, -0.25) is 24.1 Å². The average Bonchev–Trinajstić information content (AvgIpc) is 3.27. The van der Waals surface area contributed by atoms with Gasteiger partial charge < -0.3 is 14.6 Å². The van der Waals surface area contributed by atoms with E-state index in [1.807, 2.05) is 24.3 Å². The Morgan fingerprint density at radius 2 is 1.80 bits per heavy atom. The van der Waals surface area contributed by atoms with Crippen molar-refractivity contribution in [1.29, 1.82) is 0 Å². The first kappa shape index (κ1) is 24.6. The van der Waals surface area contributed by atoms with Gasteiger partial charge in [-0.05, 0) is 62.0 Å².